The van der Waals surface area contributed by atoms with Crippen LogP contribution in [0.5, 0.6) is 0 Å². The van der Waals surface area contributed by atoms with E-state index in [2.05, 4.69) is 9.56 Å². The minimum absolute atomic E-state index is 0.000721. The van der Waals surface area contributed by atoms with Gasteiger partial charge >= 0.3 is 7.60 Å². The Morgan fingerprint density at radius 3 is 2.92 bits per heavy atom. The van der Waals surface area contributed by atoms with Crippen molar-refractivity contribution in [3.63, 3.8) is 0 Å². The predicted octanol–water partition coefficient (Wildman–Crippen LogP) is 1.57. The molecule has 0 spiro atoms. The first-order valence-corrected chi connectivity index (χ1v) is 5.56. The monoisotopic (exact) mass is 206 g/mol. The van der Waals surface area contributed by atoms with Crippen LogP contribution in [-0.2, 0) is 18.9 Å². The third-order valence-corrected chi connectivity index (χ3v) is 2.44. The van der Waals surface area contributed by atoms with Gasteiger partial charge < -0.3 is 9.63 Å². The molecule has 0 aromatic heterocycles. The Bertz CT molecular complexity index is 260. The number of ether oxygens (including phenoxy) is 1. The largest absolute Gasteiger partial charge is 0.466 e. The highest BCUT2D eigenvalue weighted by Gasteiger charge is 2.20. The van der Waals surface area contributed by atoms with Gasteiger partial charge in [0.1, 0.15) is 0 Å². The van der Waals surface area contributed by atoms with Crippen LogP contribution in [0.1, 0.15) is 6.92 Å². The molecule has 0 fully saturated rings. The van der Waals surface area contributed by atoms with Crippen molar-refractivity contribution in [3.8, 4) is 0 Å². The maximum atomic E-state index is 10.9. The topological polar surface area (TPSA) is 65.0 Å². The summed E-state index contributed by atoms with van der Waals surface area (Å²) in [6, 6.07) is 0. The molecular formula is C7H11O5P. The molecule has 1 aliphatic heterocycles. The van der Waals surface area contributed by atoms with Gasteiger partial charge in [0.15, 0.2) is 0 Å². The zero-order valence-corrected chi connectivity index (χ0v) is 8.02. The van der Waals surface area contributed by atoms with Crippen LogP contribution in [0.3, 0.4) is 0 Å². The van der Waals surface area contributed by atoms with E-state index in [-0.39, 0.29) is 6.16 Å². The number of hydrogen-bond acceptors (Lipinski definition) is 4. The van der Waals surface area contributed by atoms with Crippen molar-refractivity contribution < 1.29 is 23.8 Å². The summed E-state index contributed by atoms with van der Waals surface area (Å²) in [5.74, 6) is 0. The molecule has 0 bridgehead atoms. The molecule has 0 saturated heterocycles. The molecule has 2 unspecified atom stereocenters. The van der Waals surface area contributed by atoms with Crippen LogP contribution in [0.2, 0.25) is 0 Å². The minimum atomic E-state index is -3.60. The SMILES string of the molecule is CCP(=O)(O)OOC1C=CC=CO1. The average Bonchev–Trinajstić information content (AvgIpc) is 2.17. The molecule has 74 valence electrons. The van der Waals surface area contributed by atoms with Crippen molar-refractivity contribution in [2.24, 2.45) is 0 Å². The van der Waals surface area contributed by atoms with Crippen LogP contribution >= 0.6 is 7.60 Å². The molecular weight excluding hydrogens is 195 g/mol. The van der Waals surface area contributed by atoms with Crippen molar-refractivity contribution in [1.82, 2.24) is 0 Å². The van der Waals surface area contributed by atoms with Gasteiger partial charge in [-0.25, -0.2) is 0 Å². The summed E-state index contributed by atoms with van der Waals surface area (Å²) in [5, 5.41) is 0. The summed E-state index contributed by atoms with van der Waals surface area (Å²) in [6.07, 6.45) is 5.55. The summed E-state index contributed by atoms with van der Waals surface area (Å²) in [4.78, 5) is 13.5. The van der Waals surface area contributed by atoms with Crippen LogP contribution in [0.4, 0.5) is 0 Å². The van der Waals surface area contributed by atoms with E-state index in [1.54, 1.807) is 18.2 Å². The molecule has 5 nitrogen and oxygen atoms in total. The molecule has 0 saturated carbocycles. The zero-order chi connectivity index (χ0) is 9.73. The Kier molecular flexibility index (Phi) is 3.69. The van der Waals surface area contributed by atoms with Crippen molar-refractivity contribution >= 4 is 7.60 Å². The quantitative estimate of drug-likeness (QED) is 0.429. The van der Waals surface area contributed by atoms with E-state index in [1.165, 1.54) is 13.2 Å². The molecule has 0 amide bonds. The minimum Gasteiger partial charge on any atom is -0.466 e. The van der Waals surface area contributed by atoms with E-state index < -0.39 is 13.9 Å². The molecule has 0 aromatic carbocycles. The first-order chi connectivity index (χ1) is 6.14. The summed E-state index contributed by atoms with van der Waals surface area (Å²) >= 11 is 0. The highest BCUT2D eigenvalue weighted by molar-refractivity contribution is 7.52. The molecule has 2 atom stereocenters. The lowest BCUT2D eigenvalue weighted by atomic mass is 10.4. The van der Waals surface area contributed by atoms with Crippen LogP contribution in [-0.4, -0.2) is 17.3 Å². The van der Waals surface area contributed by atoms with Crippen LogP contribution in [0, 0.1) is 0 Å². The van der Waals surface area contributed by atoms with E-state index in [0.717, 1.165) is 0 Å². The molecule has 1 N–H and O–H groups in total. The number of rotatable bonds is 4. The number of allylic oxidation sites excluding steroid dienone is 2. The molecule has 0 aromatic rings. The van der Waals surface area contributed by atoms with Gasteiger partial charge in [-0.3, -0.25) is 4.57 Å². The predicted molar refractivity (Wildman–Crippen MR) is 45.7 cm³/mol. The number of hydrogen-bond donors (Lipinski definition) is 1. The first kappa shape index (κ1) is 10.5. The Morgan fingerprint density at radius 2 is 2.38 bits per heavy atom. The fourth-order valence-corrected chi connectivity index (χ4v) is 0.910. The van der Waals surface area contributed by atoms with E-state index in [4.69, 9.17) is 9.63 Å². The van der Waals surface area contributed by atoms with Gasteiger partial charge in [0.05, 0.1) is 6.26 Å². The van der Waals surface area contributed by atoms with Gasteiger partial charge in [0, 0.05) is 6.16 Å². The molecule has 0 radical (unpaired) electrons. The second-order valence-corrected chi connectivity index (χ2v) is 4.40. The van der Waals surface area contributed by atoms with Crippen LogP contribution in [0.15, 0.2) is 24.5 Å². The molecule has 1 aliphatic rings. The fourth-order valence-electron chi connectivity index (χ4n) is 0.586. The third-order valence-electron chi connectivity index (χ3n) is 1.32. The Balaban J connectivity index is 2.31. The van der Waals surface area contributed by atoms with Gasteiger partial charge in [-0.15, -0.1) is 4.67 Å². The normalized spacial score (nSPS) is 25.2. The lowest BCUT2D eigenvalue weighted by Crippen LogP contribution is -2.13. The van der Waals surface area contributed by atoms with Gasteiger partial charge in [-0.05, 0) is 12.2 Å². The Hall–Kier alpha value is -0.610. The highest BCUT2D eigenvalue weighted by Crippen LogP contribution is 2.41. The second-order valence-electron chi connectivity index (χ2n) is 2.34. The first-order valence-electron chi connectivity index (χ1n) is 3.80. The summed E-state index contributed by atoms with van der Waals surface area (Å²) in [6.45, 7) is 1.53. The van der Waals surface area contributed by atoms with Crippen LogP contribution < -0.4 is 0 Å². The molecule has 0 aliphatic carbocycles. The molecule has 13 heavy (non-hydrogen) atoms. The molecule has 1 rings (SSSR count). The van der Waals surface area contributed by atoms with E-state index in [0.29, 0.717) is 0 Å². The van der Waals surface area contributed by atoms with Crippen molar-refractivity contribution in [3.05, 3.63) is 24.5 Å². The lowest BCUT2D eigenvalue weighted by molar-refractivity contribution is -0.293. The lowest BCUT2D eigenvalue weighted by Gasteiger charge is -2.15. The Labute approximate surface area is 76.1 Å². The van der Waals surface area contributed by atoms with Crippen molar-refractivity contribution in [2.75, 3.05) is 6.16 Å². The van der Waals surface area contributed by atoms with Crippen molar-refractivity contribution in [2.45, 2.75) is 13.2 Å². The summed E-state index contributed by atoms with van der Waals surface area (Å²) in [7, 11) is -3.60. The zero-order valence-electron chi connectivity index (χ0n) is 7.12. The average molecular weight is 206 g/mol. The summed E-state index contributed by atoms with van der Waals surface area (Å²) < 4.78 is 20.1. The van der Waals surface area contributed by atoms with Gasteiger partial charge in [0.2, 0.25) is 6.29 Å². The Morgan fingerprint density at radius 1 is 1.62 bits per heavy atom. The standard InChI is InChI=1S/C7H11O5P/c1-2-13(8,9)12-11-7-5-3-4-6-10-7/h3-7H,2H2,1H3,(H,8,9). The van der Waals surface area contributed by atoms with Crippen molar-refractivity contribution in [1.29, 1.82) is 0 Å². The van der Waals surface area contributed by atoms with Crippen LogP contribution in [0.25, 0.3) is 0 Å². The maximum absolute atomic E-state index is 10.9. The van der Waals surface area contributed by atoms with E-state index >= 15 is 0 Å². The maximum Gasteiger partial charge on any atom is 0.355 e. The van der Waals surface area contributed by atoms with E-state index in [9.17, 15) is 4.57 Å². The smallest absolute Gasteiger partial charge is 0.355 e. The highest BCUT2D eigenvalue weighted by atomic mass is 31.2. The summed E-state index contributed by atoms with van der Waals surface area (Å²) in [5.41, 5.74) is 0. The van der Waals surface area contributed by atoms with Gasteiger partial charge in [-0.1, -0.05) is 13.0 Å². The van der Waals surface area contributed by atoms with Gasteiger partial charge in [0.25, 0.3) is 0 Å². The second kappa shape index (κ2) is 4.58. The third kappa shape index (κ3) is 3.74. The van der Waals surface area contributed by atoms with Gasteiger partial charge in [-0.2, -0.15) is 4.89 Å². The van der Waals surface area contributed by atoms with E-state index in [1.807, 2.05) is 0 Å². The molecule has 1 heterocycles. The molecule has 6 heteroatoms. The fraction of sp³-hybridized carbons (Fsp3) is 0.429.